The smallest absolute Gasteiger partial charge is 0.0429 e. The van der Waals surface area contributed by atoms with Crippen molar-refractivity contribution in [1.29, 1.82) is 0 Å². The van der Waals surface area contributed by atoms with Crippen molar-refractivity contribution in [2.24, 2.45) is 0 Å². The van der Waals surface area contributed by atoms with Gasteiger partial charge in [0, 0.05) is 11.3 Å². The second kappa shape index (κ2) is 5.40. The maximum Gasteiger partial charge on any atom is 0.0429 e. The van der Waals surface area contributed by atoms with Crippen LogP contribution in [0.5, 0.6) is 0 Å². The minimum absolute atomic E-state index is 0.953. The van der Waals surface area contributed by atoms with Crippen LogP contribution in [-0.2, 0) is 12.8 Å². The molecule has 1 aromatic rings. The van der Waals surface area contributed by atoms with Crippen LogP contribution in [0.25, 0.3) is 5.57 Å². The minimum atomic E-state index is 0.953. The molecule has 100 valence electrons. The molecule has 0 saturated heterocycles. The van der Waals surface area contributed by atoms with E-state index in [1.165, 1.54) is 29.5 Å². The van der Waals surface area contributed by atoms with E-state index in [1.54, 1.807) is 0 Å². The maximum absolute atomic E-state index is 6.40. The molecule has 2 N–H and O–H groups in total. The first-order valence-electron chi connectivity index (χ1n) is 7.14. The monoisotopic (exact) mass is 261 g/mol. The summed E-state index contributed by atoms with van der Waals surface area (Å²) in [6.07, 6.45) is 15.8. The zero-order valence-electron chi connectivity index (χ0n) is 11.8. The van der Waals surface area contributed by atoms with Gasteiger partial charge in [0.15, 0.2) is 0 Å². The number of fused-ring (bicyclic) bond motifs is 1. The number of benzene rings is 1. The van der Waals surface area contributed by atoms with E-state index in [0.29, 0.717) is 0 Å². The van der Waals surface area contributed by atoms with Gasteiger partial charge in [0.05, 0.1) is 0 Å². The Morgan fingerprint density at radius 2 is 1.90 bits per heavy atom. The number of nitrogen functional groups attached to an aromatic ring is 1. The molecule has 2 aliphatic carbocycles. The van der Waals surface area contributed by atoms with Gasteiger partial charge in [0.2, 0.25) is 0 Å². The van der Waals surface area contributed by atoms with Crippen molar-refractivity contribution in [3.05, 3.63) is 76.6 Å². The van der Waals surface area contributed by atoms with E-state index in [2.05, 4.69) is 49.1 Å². The first kappa shape index (κ1) is 12.8. The summed E-state index contributed by atoms with van der Waals surface area (Å²) in [6, 6.07) is 4.39. The molecule has 1 nitrogen and oxygen atoms in total. The number of nitrogens with two attached hydrogens (primary N) is 1. The molecule has 0 radical (unpaired) electrons. The molecule has 0 spiro atoms. The predicted molar refractivity (Wildman–Crippen MR) is 86.4 cm³/mol. The fraction of sp³-hybridized carbons (Fsp3) is 0.211. The number of rotatable bonds is 1. The van der Waals surface area contributed by atoms with Crippen molar-refractivity contribution < 1.29 is 0 Å². The van der Waals surface area contributed by atoms with Gasteiger partial charge in [-0.25, -0.2) is 0 Å². The molecule has 2 aliphatic rings. The van der Waals surface area contributed by atoms with Crippen molar-refractivity contribution in [3.8, 4) is 0 Å². The van der Waals surface area contributed by atoms with E-state index in [4.69, 9.17) is 5.73 Å². The molecule has 0 bridgehead atoms. The quantitative estimate of drug-likeness (QED) is 0.589. The van der Waals surface area contributed by atoms with Crippen LogP contribution in [0.3, 0.4) is 0 Å². The summed E-state index contributed by atoms with van der Waals surface area (Å²) in [6.45, 7) is 2.09. The number of hydrogen-bond acceptors (Lipinski definition) is 1. The highest BCUT2D eigenvalue weighted by Gasteiger charge is 2.16. The molecular formula is C19H19N. The molecule has 0 amide bonds. The Morgan fingerprint density at radius 1 is 1.05 bits per heavy atom. The molecule has 0 fully saturated rings. The van der Waals surface area contributed by atoms with Gasteiger partial charge in [-0.1, -0.05) is 35.9 Å². The Kier molecular flexibility index (Phi) is 3.45. The van der Waals surface area contributed by atoms with Crippen molar-refractivity contribution in [3.63, 3.8) is 0 Å². The Morgan fingerprint density at radius 3 is 2.80 bits per heavy atom. The van der Waals surface area contributed by atoms with Crippen LogP contribution < -0.4 is 5.73 Å². The summed E-state index contributed by atoms with van der Waals surface area (Å²) in [5.41, 5.74) is 16.8. The lowest BCUT2D eigenvalue weighted by atomic mass is 9.96. The van der Waals surface area contributed by atoms with Crippen molar-refractivity contribution in [2.45, 2.75) is 26.2 Å². The average molecular weight is 261 g/mol. The second-order valence-electron chi connectivity index (χ2n) is 5.38. The van der Waals surface area contributed by atoms with Crippen LogP contribution in [0.1, 0.15) is 30.0 Å². The molecule has 0 saturated carbocycles. The van der Waals surface area contributed by atoms with Gasteiger partial charge in [0.1, 0.15) is 0 Å². The Bertz CT molecular complexity index is 693. The van der Waals surface area contributed by atoms with Crippen LogP contribution in [0.2, 0.25) is 0 Å². The second-order valence-corrected chi connectivity index (χ2v) is 5.38. The summed E-state index contributed by atoms with van der Waals surface area (Å²) in [4.78, 5) is 0. The van der Waals surface area contributed by atoms with E-state index in [0.717, 1.165) is 23.2 Å². The zero-order valence-corrected chi connectivity index (χ0v) is 11.8. The lowest BCUT2D eigenvalue weighted by Gasteiger charge is -2.11. The number of anilines is 1. The van der Waals surface area contributed by atoms with E-state index in [1.807, 2.05) is 12.2 Å². The van der Waals surface area contributed by atoms with Crippen molar-refractivity contribution in [1.82, 2.24) is 0 Å². The molecule has 20 heavy (non-hydrogen) atoms. The molecular weight excluding hydrogens is 242 g/mol. The predicted octanol–water partition coefficient (Wildman–Crippen LogP) is 4.37. The molecule has 0 aromatic heterocycles. The van der Waals surface area contributed by atoms with Crippen LogP contribution in [0.15, 0.2) is 59.9 Å². The molecule has 3 rings (SSSR count). The zero-order chi connectivity index (χ0) is 13.9. The van der Waals surface area contributed by atoms with E-state index in [9.17, 15) is 0 Å². The first-order valence-corrected chi connectivity index (χ1v) is 7.14. The Hall–Kier alpha value is -2.24. The highest BCUT2D eigenvalue weighted by atomic mass is 14.6. The van der Waals surface area contributed by atoms with E-state index in [-0.39, 0.29) is 0 Å². The van der Waals surface area contributed by atoms with Gasteiger partial charge in [-0.15, -0.1) is 5.73 Å². The third-order valence-electron chi connectivity index (χ3n) is 3.97. The largest absolute Gasteiger partial charge is 0.398 e. The number of hydrogen-bond donors (Lipinski definition) is 1. The number of allylic oxidation sites excluding steroid dienone is 7. The van der Waals surface area contributed by atoms with E-state index < -0.39 is 0 Å². The fourth-order valence-corrected chi connectivity index (χ4v) is 2.83. The van der Waals surface area contributed by atoms with Gasteiger partial charge in [-0.05, 0) is 61.1 Å². The summed E-state index contributed by atoms with van der Waals surface area (Å²) in [5, 5.41) is 0. The lowest BCUT2D eigenvalue weighted by Crippen LogP contribution is -1.99. The molecule has 0 aliphatic heterocycles. The van der Waals surface area contributed by atoms with Gasteiger partial charge >= 0.3 is 0 Å². The average Bonchev–Trinajstić information content (AvgIpc) is 2.94. The molecule has 0 heterocycles. The maximum atomic E-state index is 6.40. The van der Waals surface area contributed by atoms with Gasteiger partial charge in [-0.3, -0.25) is 0 Å². The topological polar surface area (TPSA) is 26.0 Å². The van der Waals surface area contributed by atoms with Gasteiger partial charge in [-0.2, -0.15) is 0 Å². The van der Waals surface area contributed by atoms with Crippen LogP contribution in [0.4, 0.5) is 5.69 Å². The van der Waals surface area contributed by atoms with Crippen LogP contribution >= 0.6 is 0 Å². The SMILES string of the molecule is CC1=C\C=C=CC=C(c2ccc3c(c2N)CCC3)/C=C\1. The molecule has 0 unspecified atom stereocenters. The summed E-state index contributed by atoms with van der Waals surface area (Å²) in [5.74, 6) is 0. The Labute approximate surface area is 120 Å². The fourth-order valence-electron chi connectivity index (χ4n) is 2.83. The standard InChI is InChI=1S/C19H19N/c1-14-6-3-2-4-7-15(11-10-14)18-13-12-16-8-5-9-17(16)19(18)20/h3-4,6-7,10-13H,5,8-9,20H2,1H3/b11-10-,14-6+,15-7?. The highest BCUT2D eigenvalue weighted by molar-refractivity contribution is 5.84. The van der Waals surface area contributed by atoms with Crippen LogP contribution in [0, 0.1) is 0 Å². The van der Waals surface area contributed by atoms with Gasteiger partial charge < -0.3 is 5.73 Å². The summed E-state index contributed by atoms with van der Waals surface area (Å²) >= 11 is 0. The van der Waals surface area contributed by atoms with E-state index >= 15 is 0 Å². The first-order chi connectivity index (χ1) is 9.75. The Balaban J connectivity index is 2.09. The summed E-state index contributed by atoms with van der Waals surface area (Å²) in [7, 11) is 0. The lowest BCUT2D eigenvalue weighted by molar-refractivity contribution is 0.912. The molecule has 1 heteroatoms. The van der Waals surface area contributed by atoms with Crippen molar-refractivity contribution in [2.75, 3.05) is 5.73 Å². The third kappa shape index (κ3) is 2.41. The van der Waals surface area contributed by atoms with Gasteiger partial charge in [0.25, 0.3) is 0 Å². The van der Waals surface area contributed by atoms with Crippen molar-refractivity contribution >= 4 is 11.3 Å². The normalized spacial score (nSPS) is 21.2. The minimum Gasteiger partial charge on any atom is -0.398 e. The third-order valence-corrected chi connectivity index (χ3v) is 3.97. The number of aryl methyl sites for hydroxylation is 1. The summed E-state index contributed by atoms with van der Waals surface area (Å²) < 4.78 is 0. The highest BCUT2D eigenvalue weighted by Crippen LogP contribution is 2.33. The van der Waals surface area contributed by atoms with Crippen LogP contribution in [-0.4, -0.2) is 0 Å². The molecule has 1 aromatic carbocycles. The molecule has 0 atom stereocenters.